The van der Waals surface area contributed by atoms with E-state index in [4.69, 9.17) is 53.2 Å². The van der Waals surface area contributed by atoms with Crippen LogP contribution in [-0.4, -0.2) is 204 Å². The number of carbonyl (C=O) groups is 3. The zero-order valence-corrected chi connectivity index (χ0v) is 87.1. The van der Waals surface area contributed by atoms with E-state index < -0.39 is 82.0 Å². The number of H-pyrrole nitrogens is 1. The number of nitrogens with one attached hydrogen (secondary N) is 1. The normalized spacial score (nSPS) is 13.4. The van der Waals surface area contributed by atoms with Crippen molar-refractivity contribution in [2.45, 2.75) is 202 Å². The maximum atomic E-state index is 12.7. The number of aldehydes is 2. The predicted octanol–water partition coefficient (Wildman–Crippen LogP) is 9.17. The number of ether oxygens (including phenoxy) is 3. The van der Waals surface area contributed by atoms with Gasteiger partial charge in [-0.1, -0.05) is 109 Å². The first-order valence-corrected chi connectivity index (χ1v) is 50.6. The van der Waals surface area contributed by atoms with Crippen molar-refractivity contribution in [2.24, 2.45) is 9.54 Å². The number of nitrogens with zero attached hydrogens (tertiary/aromatic N) is 10. The van der Waals surface area contributed by atoms with Gasteiger partial charge >= 0.3 is 52.6 Å². The number of hydrogen-bond acceptors (Lipinski definition) is 24. The number of Topliss-reactive ketones (excluding diaryl/α,β-unsaturated/α-hetero) is 1. The molecule has 0 saturated carbocycles. The van der Waals surface area contributed by atoms with Crippen LogP contribution in [0.4, 0.5) is 0 Å². The number of alkyl halides is 2. The standard InChI is InChI=1S/C17H23N3O3S2.C13H16N2O3S.C13H14N2O3S.C11H10N2O3S.C7H7ClO2S.C4H4N2O.C4H11NOS.3C4H8O.C2H5.CH2Cl2.ClH.Mg.Na.H/c1-6-15(19-24(21)17(3,4)5)16-11-12-20(18-16)25(22,23)14-9-7-13(2)8-10-14;2*1-3-13(16)12-8-9-15(14-12)19(17,18)11-6-4-10(2)5-7-11;1-9-2-4-11(5-3-9)17(15,16)13-7-6-10(8-14)12-13;1-6-2-4-7(5-3-6)11(8,9)10;7-3-4-1-2-5-6-4;1-4(2,3)7(5)6;3*1-2-4-5-3-1;1-2;2-1-3;;;;/h7-12H,6H2,1-5H3;4-9,13,16H,3H2,1-2H3;4-9H,3H2,1-2H3;2-8H,1H3;2-5H,1H3;1-3H,(H,5,6);5H2,1-3H3;3*1-4H2;1H2,2H3;1H2;1H;;;/q;;;;;;;;;;-1;;;+2;+1;-1/p-1/t24-;;;;;;;;;;;;;;;/m0.............../s1. The van der Waals surface area contributed by atoms with Crippen LogP contribution in [-0.2, 0) is 85.3 Å². The molecule has 2 unspecified atom stereocenters. The first-order chi connectivity index (χ1) is 58.8. The van der Waals surface area contributed by atoms with Crippen LogP contribution >= 0.6 is 33.9 Å². The Balaban J connectivity index is -0.00000141. The molecule has 8 heterocycles. The number of halogens is 4. The molecule has 700 valence electrons. The van der Waals surface area contributed by atoms with Crippen LogP contribution in [0.2, 0.25) is 0 Å². The van der Waals surface area contributed by atoms with Gasteiger partial charge in [0.2, 0.25) is 0 Å². The van der Waals surface area contributed by atoms with Gasteiger partial charge in [0.05, 0.1) is 73.5 Å². The van der Waals surface area contributed by atoms with Gasteiger partial charge in [-0.3, -0.25) is 24.6 Å². The Bertz CT molecular complexity index is 5500. The molecule has 3 fully saturated rings. The Morgan fingerprint density at radius 1 is 0.516 bits per heavy atom. The molecule has 3 aliphatic heterocycles. The van der Waals surface area contributed by atoms with Crippen molar-refractivity contribution in [2.75, 3.05) is 45.0 Å². The van der Waals surface area contributed by atoms with Gasteiger partial charge in [0.25, 0.3) is 49.1 Å². The van der Waals surface area contributed by atoms with Crippen LogP contribution in [0.25, 0.3) is 0 Å². The molecule has 0 radical (unpaired) electrons. The number of aliphatic hydroxyl groups is 1. The van der Waals surface area contributed by atoms with Crippen LogP contribution in [0.1, 0.15) is 205 Å². The summed E-state index contributed by atoms with van der Waals surface area (Å²) >= 11 is 9.53. The Hall–Kier alpha value is -6.39. The van der Waals surface area contributed by atoms with Crippen molar-refractivity contribution in [1.82, 2.24) is 46.9 Å². The minimum absolute atomic E-state index is 0. The molecule has 0 amide bonds. The number of nitrogens with two attached hydrogens (primary N) is 1. The van der Waals surface area contributed by atoms with Crippen molar-refractivity contribution < 1.29 is 128 Å². The van der Waals surface area contributed by atoms with Crippen molar-refractivity contribution in [1.29, 1.82) is 0 Å². The van der Waals surface area contributed by atoms with E-state index in [0.717, 1.165) is 83.8 Å². The summed E-state index contributed by atoms with van der Waals surface area (Å²) in [5.74, 6) is -0.183. The predicted molar refractivity (Wildman–Crippen MR) is 499 cm³/mol. The third-order valence-corrected chi connectivity index (χ3v) is 26.7. The number of aliphatic hydroxyl groups excluding tert-OH is 1. The number of carbonyl (C=O) groups excluding carboxylic acids is 3. The largest absolute Gasteiger partial charge is 2.00 e. The van der Waals surface area contributed by atoms with Gasteiger partial charge in [-0.05, 0) is 219 Å². The molecule has 44 heteroatoms. The fraction of sp³-hybridized carbons (Fsp3) is 0.405. The molecule has 3 aliphatic rings. The molecule has 0 aliphatic carbocycles. The Morgan fingerprint density at radius 3 is 1.07 bits per heavy atom. The molecule has 31 nitrogen and oxygen atoms in total. The topological polar surface area (TPSA) is 442 Å². The number of ketones is 1. The molecule has 10 aromatic rings. The molecule has 5 aromatic heterocycles. The van der Waals surface area contributed by atoms with Gasteiger partial charge < -0.3 is 40.1 Å². The molecular weight excluding hydrogens is 1890 g/mol. The minimum Gasteiger partial charge on any atom is -1.00 e. The number of aryl methyl sites for hydroxylation is 5. The van der Waals surface area contributed by atoms with E-state index in [1.54, 1.807) is 118 Å². The zero-order valence-electron chi connectivity index (χ0n) is 76.0. The van der Waals surface area contributed by atoms with E-state index in [9.17, 15) is 70.0 Å². The molecule has 13 rings (SSSR count). The zero-order chi connectivity index (χ0) is 94.4. The number of hydrogen-bond donors (Lipinski definition) is 3. The molecule has 5 aromatic carbocycles. The minimum atomic E-state index is -3.76. The second-order valence-electron chi connectivity index (χ2n) is 28.6. The number of aromatic amines is 1. The van der Waals surface area contributed by atoms with Crippen molar-refractivity contribution in [3.05, 3.63) is 246 Å². The first-order valence-electron chi connectivity index (χ1n) is 39.1. The summed E-state index contributed by atoms with van der Waals surface area (Å²) in [7, 11) is -15.9. The quantitative estimate of drug-likeness (QED) is 0.0137. The summed E-state index contributed by atoms with van der Waals surface area (Å²) < 4.78 is 164. The Labute approximate surface area is 820 Å². The number of aromatic nitrogens is 10. The molecule has 3 atom stereocenters. The third-order valence-electron chi connectivity index (χ3n) is 16.4. The van der Waals surface area contributed by atoms with Gasteiger partial charge in [0.1, 0.15) is 28.1 Å². The second kappa shape index (κ2) is 62.9. The van der Waals surface area contributed by atoms with Crippen LogP contribution in [0.15, 0.2) is 212 Å². The summed E-state index contributed by atoms with van der Waals surface area (Å²) in [5, 5.41) is 36.5. The van der Waals surface area contributed by atoms with E-state index in [0.29, 0.717) is 54.6 Å². The van der Waals surface area contributed by atoms with Gasteiger partial charge in [0, 0.05) is 87.7 Å². The molecule has 0 spiro atoms. The van der Waals surface area contributed by atoms with Crippen molar-refractivity contribution >= 4 is 152 Å². The van der Waals surface area contributed by atoms with Crippen LogP contribution in [0.5, 0.6) is 0 Å². The number of benzene rings is 5. The monoisotopic (exact) mass is 2010 g/mol. The smallest absolute Gasteiger partial charge is 1.00 e. The molecular formula is C84H117Cl4MgN12NaO19S7. The van der Waals surface area contributed by atoms with Gasteiger partial charge in [-0.25, -0.2) is 16.8 Å². The van der Waals surface area contributed by atoms with E-state index in [1.165, 1.54) is 124 Å². The van der Waals surface area contributed by atoms with E-state index >= 15 is 0 Å². The van der Waals surface area contributed by atoms with Crippen molar-refractivity contribution in [3.8, 4) is 0 Å². The average molecular weight is 2010 g/mol. The van der Waals surface area contributed by atoms with E-state index in [2.05, 4.69) is 41.9 Å². The second-order valence-corrected chi connectivity index (χ2v) is 42.8. The third kappa shape index (κ3) is 44.9. The summed E-state index contributed by atoms with van der Waals surface area (Å²) in [5.41, 5.74) is 6.97. The van der Waals surface area contributed by atoms with Crippen LogP contribution in [0, 0.1) is 41.5 Å². The summed E-state index contributed by atoms with van der Waals surface area (Å²) in [6, 6.07) is 39.9. The molecule has 3 saturated heterocycles. The average Bonchev–Trinajstić information content (AvgIpc) is 1.57. The molecule has 128 heavy (non-hydrogen) atoms. The van der Waals surface area contributed by atoms with Gasteiger partial charge in [0.15, 0.2) is 18.4 Å². The summed E-state index contributed by atoms with van der Waals surface area (Å²) in [4.78, 5) is 32.5. The maximum absolute atomic E-state index is 12.7. The van der Waals surface area contributed by atoms with E-state index in [1.807, 2.05) is 83.1 Å². The number of rotatable bonds is 18. The van der Waals surface area contributed by atoms with Gasteiger partial charge in [-0.15, -0.1) is 23.2 Å². The summed E-state index contributed by atoms with van der Waals surface area (Å²) in [6.07, 6.45) is 16.2. The molecule has 4 N–H and O–H groups in total. The molecule has 0 bridgehead atoms. The SMILES string of the molecule is C1CCOC1.C1CCOC1.C1CCOC1.CC(C)(C)S(N)=O.CCC(=N[S@@](=O)C(C)(C)C)c1ccn(S(=O)(=O)c2ccc(C)cc2)n1.CCC(=O)c1ccn(S(=O)(=O)c2ccc(C)cc2)n1.CCC(O)c1ccn(S(=O)(=O)c2ccc(C)cc2)n1.Cc1ccc(S(=O)(=O)Cl)cc1.Cc1ccc(S(=O)(=O)n2ccc(C=O)n2)cc1.ClCCl.O=Cc1ccn[nH]1.[CH2-]C.[Cl-].[H-].[Mg+2].[Na+]. The van der Waals surface area contributed by atoms with Crippen LogP contribution in [0.3, 0.4) is 0 Å². The maximum Gasteiger partial charge on any atom is 2.00 e. The van der Waals surface area contributed by atoms with Crippen molar-refractivity contribution in [3.63, 3.8) is 0 Å². The van der Waals surface area contributed by atoms with Crippen LogP contribution < -0.4 is 47.1 Å². The van der Waals surface area contributed by atoms with E-state index in [-0.39, 0.29) is 118 Å². The fourth-order valence-corrected chi connectivity index (χ4v) is 15.0. The first kappa shape index (κ1) is 124. The Morgan fingerprint density at radius 2 is 0.820 bits per heavy atom. The van der Waals surface area contributed by atoms with Gasteiger partial charge in [-0.2, -0.15) is 86.8 Å². The fourth-order valence-electron chi connectivity index (χ4n) is 9.09. The Kier molecular flexibility index (Phi) is 60.8. The summed E-state index contributed by atoms with van der Waals surface area (Å²) in [6.45, 7) is 36.8.